The number of ether oxygens (including phenoxy) is 1. The number of urea groups is 1. The highest BCUT2D eigenvalue weighted by molar-refractivity contribution is 7.89. The van der Waals surface area contributed by atoms with Crippen LogP contribution in [0.5, 0.6) is 0 Å². The Morgan fingerprint density at radius 3 is 2.53 bits per heavy atom. The summed E-state index contributed by atoms with van der Waals surface area (Å²) in [4.78, 5) is 14.0. The highest BCUT2D eigenvalue weighted by atomic mass is 32.2. The Bertz CT molecular complexity index is 854. The number of rotatable bonds is 7. The van der Waals surface area contributed by atoms with E-state index >= 15 is 0 Å². The van der Waals surface area contributed by atoms with E-state index in [1.165, 1.54) is 35.7 Å². The molecule has 0 spiro atoms. The molecular weight excluding hydrogens is 404 g/mol. The average Bonchev–Trinajstić information content (AvgIpc) is 2.79. The molecule has 1 N–H and O–H groups in total. The van der Waals surface area contributed by atoms with Crippen LogP contribution in [-0.2, 0) is 14.8 Å². The molecule has 164 valence electrons. The third kappa shape index (κ3) is 5.72. The van der Waals surface area contributed by atoms with Crippen molar-refractivity contribution in [3.8, 4) is 6.07 Å². The summed E-state index contributed by atoms with van der Waals surface area (Å²) in [6.07, 6.45) is 7.19. The lowest BCUT2D eigenvalue weighted by Crippen LogP contribution is -2.53. The van der Waals surface area contributed by atoms with Gasteiger partial charge in [-0.3, -0.25) is 0 Å². The third-order valence-corrected chi connectivity index (χ3v) is 7.61. The molecule has 2 aliphatic rings. The number of benzene rings is 1. The van der Waals surface area contributed by atoms with E-state index in [9.17, 15) is 18.5 Å². The Kier molecular flexibility index (Phi) is 8.08. The van der Waals surface area contributed by atoms with E-state index in [-0.39, 0.29) is 29.6 Å². The Labute approximate surface area is 178 Å². The van der Waals surface area contributed by atoms with Crippen molar-refractivity contribution in [2.45, 2.75) is 49.5 Å². The molecule has 1 aromatic carbocycles. The second kappa shape index (κ2) is 10.8. The topological polar surface area (TPSA) is 103 Å². The van der Waals surface area contributed by atoms with E-state index in [2.05, 4.69) is 5.32 Å². The average molecular weight is 435 g/mol. The van der Waals surface area contributed by atoms with Crippen LogP contribution in [0.3, 0.4) is 0 Å². The van der Waals surface area contributed by atoms with Crippen molar-refractivity contribution in [3.63, 3.8) is 0 Å². The first-order valence-corrected chi connectivity index (χ1v) is 12.1. The summed E-state index contributed by atoms with van der Waals surface area (Å²) in [5.74, 6) is 0. The zero-order chi connectivity index (χ0) is 21.4. The van der Waals surface area contributed by atoms with Crippen LogP contribution in [0.25, 0.3) is 0 Å². The van der Waals surface area contributed by atoms with Crippen LogP contribution in [0, 0.1) is 11.3 Å². The van der Waals surface area contributed by atoms with Crippen LogP contribution >= 0.6 is 0 Å². The number of nitrogens with zero attached hydrogens (tertiary/aromatic N) is 3. The van der Waals surface area contributed by atoms with Crippen LogP contribution in [0.2, 0.25) is 0 Å². The summed E-state index contributed by atoms with van der Waals surface area (Å²) in [6, 6.07) is 7.94. The molecule has 2 amide bonds. The number of carbonyl (C=O) groups excluding carboxylic acids is 1. The van der Waals surface area contributed by atoms with Crippen molar-refractivity contribution < 1.29 is 17.9 Å². The number of sulfonamides is 1. The lowest BCUT2D eigenvalue weighted by Gasteiger charge is -2.34. The lowest BCUT2D eigenvalue weighted by molar-refractivity contribution is 0.0274. The fraction of sp³-hybridized carbons (Fsp3) is 0.619. The van der Waals surface area contributed by atoms with Crippen LogP contribution in [0.4, 0.5) is 4.79 Å². The molecule has 2 fully saturated rings. The van der Waals surface area contributed by atoms with Gasteiger partial charge in [0.05, 0.1) is 16.6 Å². The molecule has 1 saturated heterocycles. The highest BCUT2D eigenvalue weighted by Crippen LogP contribution is 2.21. The summed E-state index contributed by atoms with van der Waals surface area (Å²) in [5.41, 5.74) is 0.133. The van der Waals surface area contributed by atoms with Crippen molar-refractivity contribution in [1.82, 2.24) is 14.5 Å². The summed E-state index contributed by atoms with van der Waals surface area (Å²) in [7, 11) is -3.75. The van der Waals surface area contributed by atoms with Crippen molar-refractivity contribution in [3.05, 3.63) is 29.8 Å². The van der Waals surface area contributed by atoms with Gasteiger partial charge in [0.1, 0.15) is 6.07 Å². The van der Waals surface area contributed by atoms with Gasteiger partial charge in [0.25, 0.3) is 0 Å². The molecule has 3 rings (SSSR count). The molecule has 0 unspecified atom stereocenters. The van der Waals surface area contributed by atoms with Gasteiger partial charge in [-0.05, 0) is 31.4 Å². The fourth-order valence-electron chi connectivity index (χ4n) is 3.92. The summed E-state index contributed by atoms with van der Waals surface area (Å²) >= 11 is 0. The maximum absolute atomic E-state index is 12.9. The van der Waals surface area contributed by atoms with Crippen LogP contribution in [0.15, 0.2) is 29.2 Å². The predicted octanol–water partition coefficient (Wildman–Crippen LogP) is 2.31. The maximum atomic E-state index is 12.9. The molecule has 1 aliphatic heterocycles. The Morgan fingerprint density at radius 2 is 1.83 bits per heavy atom. The zero-order valence-electron chi connectivity index (χ0n) is 17.3. The normalized spacial score (nSPS) is 18.7. The largest absolute Gasteiger partial charge is 0.378 e. The van der Waals surface area contributed by atoms with E-state index in [0.717, 1.165) is 19.3 Å². The van der Waals surface area contributed by atoms with Gasteiger partial charge in [-0.1, -0.05) is 31.4 Å². The zero-order valence-corrected chi connectivity index (χ0v) is 18.1. The number of piperazine rings is 1. The van der Waals surface area contributed by atoms with Gasteiger partial charge in [-0.2, -0.15) is 9.57 Å². The summed E-state index contributed by atoms with van der Waals surface area (Å²) in [6.45, 7) is 2.24. The highest BCUT2D eigenvalue weighted by Gasteiger charge is 2.31. The lowest BCUT2D eigenvalue weighted by atomic mass is 9.98. The minimum Gasteiger partial charge on any atom is -0.378 e. The minimum absolute atomic E-state index is 0.0170. The maximum Gasteiger partial charge on any atom is 0.317 e. The number of hydrogen-bond donors (Lipinski definition) is 1. The predicted molar refractivity (Wildman–Crippen MR) is 112 cm³/mol. The Morgan fingerprint density at radius 1 is 1.13 bits per heavy atom. The standard InChI is InChI=1S/C21H30N4O4S/c22-17-18-7-4-5-10-20(18)30(27,28)25-14-12-24(13-15-25)21(26)23-11-6-16-29-19-8-2-1-3-9-19/h4-5,7,10,19H,1-3,6,8-9,11-16H2,(H,23,26). The van der Waals surface area contributed by atoms with Crippen molar-refractivity contribution in [2.24, 2.45) is 0 Å². The molecule has 0 bridgehead atoms. The van der Waals surface area contributed by atoms with Gasteiger partial charge in [-0.15, -0.1) is 0 Å². The molecule has 8 nitrogen and oxygen atoms in total. The van der Waals surface area contributed by atoms with E-state index < -0.39 is 10.0 Å². The van der Waals surface area contributed by atoms with E-state index in [0.29, 0.717) is 32.3 Å². The first-order chi connectivity index (χ1) is 14.5. The van der Waals surface area contributed by atoms with Gasteiger partial charge >= 0.3 is 6.03 Å². The van der Waals surface area contributed by atoms with Gasteiger partial charge in [0.15, 0.2) is 0 Å². The SMILES string of the molecule is N#Cc1ccccc1S(=O)(=O)N1CCN(C(=O)NCCCOC2CCCCC2)CC1. The molecule has 0 aromatic heterocycles. The molecule has 9 heteroatoms. The van der Waals surface area contributed by atoms with Crippen LogP contribution < -0.4 is 5.32 Å². The molecule has 1 aliphatic carbocycles. The summed E-state index contributed by atoms with van der Waals surface area (Å²) in [5, 5.41) is 12.1. The molecule has 0 atom stereocenters. The Hall–Kier alpha value is -2.15. The van der Waals surface area contributed by atoms with E-state index in [1.807, 2.05) is 6.07 Å². The van der Waals surface area contributed by atoms with Crippen LogP contribution in [0.1, 0.15) is 44.1 Å². The minimum atomic E-state index is -3.75. The van der Waals surface area contributed by atoms with Crippen molar-refractivity contribution in [1.29, 1.82) is 5.26 Å². The molecule has 1 aromatic rings. The van der Waals surface area contributed by atoms with Gasteiger partial charge in [-0.25, -0.2) is 13.2 Å². The molecule has 1 saturated carbocycles. The quantitative estimate of drug-likeness (QED) is 0.664. The molecule has 0 radical (unpaired) electrons. The number of carbonyl (C=O) groups is 1. The van der Waals surface area contributed by atoms with Crippen molar-refractivity contribution >= 4 is 16.1 Å². The van der Waals surface area contributed by atoms with Gasteiger partial charge in [0, 0.05) is 39.3 Å². The first-order valence-electron chi connectivity index (χ1n) is 10.7. The monoisotopic (exact) mass is 434 g/mol. The smallest absolute Gasteiger partial charge is 0.317 e. The number of nitrogens with one attached hydrogen (secondary N) is 1. The summed E-state index contributed by atoms with van der Waals surface area (Å²) < 4.78 is 32.9. The second-order valence-corrected chi connectivity index (χ2v) is 9.62. The first kappa shape index (κ1) is 22.5. The molecular formula is C21H30N4O4S. The number of hydrogen-bond acceptors (Lipinski definition) is 5. The van der Waals surface area contributed by atoms with E-state index in [1.54, 1.807) is 17.0 Å². The fourth-order valence-corrected chi connectivity index (χ4v) is 5.48. The number of amides is 2. The molecule has 1 heterocycles. The third-order valence-electron chi connectivity index (χ3n) is 5.65. The second-order valence-electron chi connectivity index (χ2n) is 7.72. The van der Waals surface area contributed by atoms with Crippen molar-refractivity contribution in [2.75, 3.05) is 39.3 Å². The van der Waals surface area contributed by atoms with Crippen LogP contribution in [-0.4, -0.2) is 69.1 Å². The molecule has 30 heavy (non-hydrogen) atoms. The van der Waals surface area contributed by atoms with Gasteiger partial charge in [0.2, 0.25) is 10.0 Å². The van der Waals surface area contributed by atoms with E-state index in [4.69, 9.17) is 4.74 Å². The number of nitriles is 1. The Balaban J connectivity index is 1.40. The van der Waals surface area contributed by atoms with Gasteiger partial charge < -0.3 is 15.0 Å².